The van der Waals surface area contributed by atoms with Crippen LogP contribution in [0.2, 0.25) is 0 Å². The number of aromatic nitrogens is 2. The Morgan fingerprint density at radius 2 is 2.22 bits per heavy atom. The number of hydrogen-bond donors (Lipinski definition) is 3. The largest absolute Gasteiger partial charge is 0.463 e. The number of aliphatic hydroxyl groups excluding tert-OH is 1. The Morgan fingerprint density at radius 1 is 1.56 bits per heavy atom. The Hall–Kier alpha value is -2.22. The average molecular weight is 254 g/mol. The fraction of sp³-hybridized carbons (Fsp3) is 0.400. The number of nitrogens with zero attached hydrogens (tertiary/aromatic N) is 2. The molecule has 0 aromatic carbocycles. The zero-order valence-electron chi connectivity index (χ0n) is 10.0. The van der Waals surface area contributed by atoms with Crippen molar-refractivity contribution in [2.75, 3.05) is 19.0 Å². The van der Waals surface area contributed by atoms with Crippen molar-refractivity contribution in [3.8, 4) is 0 Å². The fourth-order valence-electron chi connectivity index (χ4n) is 1.14. The first-order chi connectivity index (χ1) is 8.43. The van der Waals surface area contributed by atoms with Gasteiger partial charge in [-0.25, -0.2) is 14.8 Å². The summed E-state index contributed by atoms with van der Waals surface area (Å²) in [5.74, 6) is -1.32. The van der Waals surface area contributed by atoms with Crippen LogP contribution in [0.25, 0.3) is 0 Å². The van der Waals surface area contributed by atoms with Crippen molar-refractivity contribution in [3.05, 3.63) is 17.6 Å². The Kier molecular flexibility index (Phi) is 4.55. The number of primary amides is 1. The predicted octanol–water partition coefficient (Wildman–Crippen LogP) is -1.17. The number of nitrogens with two attached hydrogens (primary N) is 1. The Bertz CT molecular complexity index is 463. The summed E-state index contributed by atoms with van der Waals surface area (Å²) in [4.78, 5) is 29.7. The van der Waals surface area contributed by atoms with E-state index in [1.165, 1.54) is 7.11 Å². The monoisotopic (exact) mass is 254 g/mol. The van der Waals surface area contributed by atoms with Crippen LogP contribution in [0.5, 0.6) is 0 Å². The van der Waals surface area contributed by atoms with Gasteiger partial charge in [0, 0.05) is 11.8 Å². The van der Waals surface area contributed by atoms with Crippen LogP contribution in [0.4, 0.5) is 5.82 Å². The minimum Gasteiger partial charge on any atom is -0.463 e. The molecule has 0 spiro atoms. The normalized spacial score (nSPS) is 11.7. The molecule has 1 aromatic heterocycles. The molecule has 1 unspecified atom stereocenters. The molecule has 0 aliphatic heterocycles. The third-order valence-corrected chi connectivity index (χ3v) is 2.03. The molecule has 0 aliphatic rings. The maximum absolute atomic E-state index is 11.3. The van der Waals surface area contributed by atoms with Crippen LogP contribution in [-0.4, -0.2) is 46.7 Å². The van der Waals surface area contributed by atoms with E-state index in [0.29, 0.717) is 11.5 Å². The van der Waals surface area contributed by atoms with E-state index in [2.05, 4.69) is 20.0 Å². The molecule has 0 saturated heterocycles. The molecule has 8 nitrogen and oxygen atoms in total. The van der Waals surface area contributed by atoms with Crippen molar-refractivity contribution >= 4 is 17.7 Å². The van der Waals surface area contributed by atoms with E-state index in [9.17, 15) is 14.7 Å². The van der Waals surface area contributed by atoms with Crippen LogP contribution in [0.3, 0.4) is 0 Å². The highest BCUT2D eigenvalue weighted by Gasteiger charge is 2.13. The van der Waals surface area contributed by atoms with Gasteiger partial charge in [-0.3, -0.25) is 4.79 Å². The van der Waals surface area contributed by atoms with Crippen molar-refractivity contribution in [1.29, 1.82) is 0 Å². The lowest BCUT2D eigenvalue weighted by molar-refractivity contribution is -0.125. The summed E-state index contributed by atoms with van der Waals surface area (Å²) in [7, 11) is 1.22. The SMILES string of the molecule is COC(=O)c1nc(C)cc(NCC(O)C(N)=O)n1. The second kappa shape index (κ2) is 5.92. The number of carbonyl (C=O) groups is 2. The number of methoxy groups -OCH3 is 1. The number of aliphatic hydroxyl groups is 1. The maximum atomic E-state index is 11.3. The zero-order chi connectivity index (χ0) is 13.7. The van der Waals surface area contributed by atoms with Crippen LogP contribution >= 0.6 is 0 Å². The van der Waals surface area contributed by atoms with Crippen LogP contribution in [0.15, 0.2) is 6.07 Å². The van der Waals surface area contributed by atoms with Crippen molar-refractivity contribution < 1.29 is 19.4 Å². The summed E-state index contributed by atoms with van der Waals surface area (Å²) in [5.41, 5.74) is 5.44. The second-order valence-electron chi connectivity index (χ2n) is 3.51. The standard InChI is InChI=1S/C10H14N4O4/c1-5-3-7(12-4-6(15)8(11)16)14-9(13-5)10(17)18-2/h3,6,15H,4H2,1-2H3,(H2,11,16)(H,12,13,14). The van der Waals surface area contributed by atoms with E-state index < -0.39 is 18.0 Å². The first-order valence-electron chi connectivity index (χ1n) is 5.09. The number of nitrogens with one attached hydrogen (secondary N) is 1. The number of ether oxygens (including phenoxy) is 1. The molecule has 1 aromatic rings. The summed E-state index contributed by atoms with van der Waals surface area (Å²) in [5, 5.41) is 11.9. The average Bonchev–Trinajstić information content (AvgIpc) is 2.34. The molecule has 18 heavy (non-hydrogen) atoms. The lowest BCUT2D eigenvalue weighted by atomic mass is 10.3. The van der Waals surface area contributed by atoms with Gasteiger partial charge in [-0.1, -0.05) is 0 Å². The molecule has 4 N–H and O–H groups in total. The highest BCUT2D eigenvalue weighted by Crippen LogP contribution is 2.07. The lowest BCUT2D eigenvalue weighted by Crippen LogP contribution is -2.34. The first kappa shape index (κ1) is 13.8. The molecule has 8 heteroatoms. The Labute approximate surface area is 103 Å². The number of anilines is 1. The molecular weight excluding hydrogens is 240 g/mol. The van der Waals surface area contributed by atoms with Crippen molar-refractivity contribution in [3.63, 3.8) is 0 Å². The highest BCUT2D eigenvalue weighted by atomic mass is 16.5. The molecular formula is C10H14N4O4. The fourth-order valence-corrected chi connectivity index (χ4v) is 1.14. The van der Waals surface area contributed by atoms with Gasteiger partial charge in [0.1, 0.15) is 11.9 Å². The molecule has 1 amide bonds. The van der Waals surface area contributed by atoms with Crippen molar-refractivity contribution in [2.45, 2.75) is 13.0 Å². The number of amides is 1. The van der Waals surface area contributed by atoms with Gasteiger partial charge >= 0.3 is 5.97 Å². The van der Waals surface area contributed by atoms with E-state index in [4.69, 9.17) is 5.73 Å². The second-order valence-corrected chi connectivity index (χ2v) is 3.51. The Morgan fingerprint density at radius 3 is 2.78 bits per heavy atom. The molecule has 1 heterocycles. The number of aryl methyl sites for hydroxylation is 1. The maximum Gasteiger partial charge on any atom is 0.376 e. The zero-order valence-corrected chi connectivity index (χ0v) is 10.0. The summed E-state index contributed by atoms with van der Waals surface area (Å²) >= 11 is 0. The van der Waals surface area contributed by atoms with Gasteiger partial charge in [0.2, 0.25) is 11.7 Å². The molecule has 0 aliphatic carbocycles. The van der Waals surface area contributed by atoms with Gasteiger partial charge in [-0.15, -0.1) is 0 Å². The van der Waals surface area contributed by atoms with Crippen LogP contribution in [0.1, 0.15) is 16.3 Å². The van der Waals surface area contributed by atoms with Crippen molar-refractivity contribution in [1.82, 2.24) is 9.97 Å². The number of carbonyl (C=O) groups excluding carboxylic acids is 2. The molecule has 1 atom stereocenters. The van der Waals surface area contributed by atoms with Crippen molar-refractivity contribution in [2.24, 2.45) is 5.73 Å². The summed E-state index contributed by atoms with van der Waals surface area (Å²) < 4.78 is 4.49. The third kappa shape index (κ3) is 3.67. The molecule has 0 radical (unpaired) electrons. The van der Waals surface area contributed by atoms with Gasteiger partial charge in [-0.2, -0.15) is 0 Å². The van der Waals surface area contributed by atoms with E-state index in [0.717, 1.165) is 0 Å². The van der Waals surface area contributed by atoms with Crippen LogP contribution < -0.4 is 11.1 Å². The molecule has 0 bridgehead atoms. The smallest absolute Gasteiger partial charge is 0.376 e. The van der Waals surface area contributed by atoms with Crippen LogP contribution in [0, 0.1) is 6.92 Å². The summed E-state index contributed by atoms with van der Waals surface area (Å²) in [6.45, 7) is 1.57. The van der Waals surface area contributed by atoms with Crippen LogP contribution in [-0.2, 0) is 9.53 Å². The predicted molar refractivity (Wildman–Crippen MR) is 61.8 cm³/mol. The van der Waals surface area contributed by atoms with E-state index in [1.54, 1.807) is 13.0 Å². The first-order valence-corrected chi connectivity index (χ1v) is 5.09. The topological polar surface area (TPSA) is 127 Å². The molecule has 98 valence electrons. The number of esters is 1. The van der Waals surface area contributed by atoms with E-state index in [-0.39, 0.29) is 12.4 Å². The molecule has 0 saturated carbocycles. The summed E-state index contributed by atoms with van der Waals surface area (Å²) in [6, 6.07) is 1.56. The highest BCUT2D eigenvalue weighted by molar-refractivity contribution is 5.85. The minimum atomic E-state index is -1.33. The molecule has 0 fully saturated rings. The third-order valence-electron chi connectivity index (χ3n) is 2.03. The van der Waals surface area contributed by atoms with Gasteiger partial charge < -0.3 is 20.9 Å². The van der Waals surface area contributed by atoms with Gasteiger partial charge in [-0.05, 0) is 6.92 Å². The van der Waals surface area contributed by atoms with E-state index >= 15 is 0 Å². The number of hydrogen-bond acceptors (Lipinski definition) is 7. The molecule has 1 rings (SSSR count). The minimum absolute atomic E-state index is 0.103. The van der Waals surface area contributed by atoms with Gasteiger partial charge in [0.05, 0.1) is 13.7 Å². The van der Waals surface area contributed by atoms with Gasteiger partial charge in [0.25, 0.3) is 0 Å². The lowest BCUT2D eigenvalue weighted by Gasteiger charge is -2.10. The van der Waals surface area contributed by atoms with Gasteiger partial charge in [0.15, 0.2) is 0 Å². The van der Waals surface area contributed by atoms with E-state index in [1.807, 2.05) is 0 Å². The Balaban J connectivity index is 2.80. The summed E-state index contributed by atoms with van der Waals surface area (Å²) in [6.07, 6.45) is -1.33. The quantitative estimate of drug-likeness (QED) is 0.565. The number of rotatable bonds is 5.